The van der Waals surface area contributed by atoms with Crippen molar-refractivity contribution in [3.8, 4) is 11.3 Å². The van der Waals surface area contributed by atoms with Crippen molar-refractivity contribution in [1.29, 1.82) is 0 Å². The van der Waals surface area contributed by atoms with Gasteiger partial charge in [-0.15, -0.1) is 0 Å². The van der Waals surface area contributed by atoms with Crippen LogP contribution >= 0.6 is 0 Å². The van der Waals surface area contributed by atoms with Gasteiger partial charge in [-0.2, -0.15) is 0 Å². The number of hydrogen-bond donors (Lipinski definition) is 1. The van der Waals surface area contributed by atoms with E-state index in [4.69, 9.17) is 5.73 Å². The summed E-state index contributed by atoms with van der Waals surface area (Å²) in [6.07, 6.45) is 1.92. The van der Waals surface area contributed by atoms with E-state index in [1.165, 1.54) is 18.2 Å². The van der Waals surface area contributed by atoms with E-state index in [-0.39, 0.29) is 6.54 Å². The summed E-state index contributed by atoms with van der Waals surface area (Å²) in [6, 6.07) is 23.3. The van der Waals surface area contributed by atoms with Crippen LogP contribution in [0, 0.1) is 11.2 Å². The van der Waals surface area contributed by atoms with Gasteiger partial charge in [0.15, 0.2) is 0 Å². The number of nitrogens with two attached hydrogens (primary N) is 1. The summed E-state index contributed by atoms with van der Waals surface area (Å²) in [5, 5.41) is 0.455. The maximum absolute atomic E-state index is 15.9. The Morgan fingerprint density at radius 1 is 1.00 bits per heavy atom. The number of carbonyl (C=O) groups excluding carboxylic acids is 1. The second-order valence-corrected chi connectivity index (χ2v) is 8.83. The van der Waals surface area contributed by atoms with Gasteiger partial charge < -0.3 is 10.3 Å². The van der Waals surface area contributed by atoms with Gasteiger partial charge >= 0.3 is 0 Å². The second-order valence-electron chi connectivity index (χ2n) is 8.83. The number of carbonyl (C=O) groups is 1. The van der Waals surface area contributed by atoms with Crippen LogP contribution in [0.2, 0.25) is 0 Å². The molecule has 0 saturated heterocycles. The number of halogens is 2. The third-order valence-electron chi connectivity index (χ3n) is 5.89. The molecule has 33 heavy (non-hydrogen) atoms. The van der Waals surface area contributed by atoms with Gasteiger partial charge in [0, 0.05) is 23.0 Å². The summed E-state index contributed by atoms with van der Waals surface area (Å²) in [4.78, 5) is 12.1. The van der Waals surface area contributed by atoms with E-state index in [9.17, 15) is 9.18 Å². The molecule has 0 bridgehead atoms. The molecular weight excluding hydrogens is 418 g/mol. The zero-order valence-corrected chi connectivity index (χ0v) is 18.7. The average molecular weight is 445 g/mol. The molecule has 1 aromatic heterocycles. The van der Waals surface area contributed by atoms with Gasteiger partial charge in [0.25, 0.3) is 0 Å². The molecule has 3 nitrogen and oxygen atoms in total. The maximum Gasteiger partial charge on any atom is 0.224 e. The van der Waals surface area contributed by atoms with Crippen molar-refractivity contribution in [2.75, 3.05) is 0 Å². The van der Waals surface area contributed by atoms with Crippen LogP contribution < -0.4 is 5.73 Å². The molecular formula is C28H26F2N2O. The van der Waals surface area contributed by atoms with Crippen molar-refractivity contribution >= 4 is 22.6 Å². The van der Waals surface area contributed by atoms with Crippen LogP contribution in [-0.4, -0.2) is 10.5 Å². The Morgan fingerprint density at radius 3 is 2.27 bits per heavy atom. The lowest BCUT2D eigenvalue weighted by molar-refractivity contribution is -0.126. The van der Waals surface area contributed by atoms with E-state index in [2.05, 4.69) is 0 Å². The van der Waals surface area contributed by atoms with Crippen molar-refractivity contribution in [2.45, 2.75) is 26.8 Å². The first-order valence-corrected chi connectivity index (χ1v) is 10.8. The zero-order valence-electron chi connectivity index (χ0n) is 18.7. The highest BCUT2D eigenvalue weighted by atomic mass is 19.1. The molecule has 1 heterocycles. The first-order chi connectivity index (χ1) is 15.8. The predicted octanol–water partition coefficient (Wildman–Crippen LogP) is 6.51. The smallest absolute Gasteiger partial charge is 0.224 e. The topological polar surface area (TPSA) is 48.0 Å². The summed E-state index contributed by atoms with van der Waals surface area (Å²) in [5.41, 5.74) is 8.04. The van der Waals surface area contributed by atoms with E-state index in [0.29, 0.717) is 28.6 Å². The minimum Gasteiger partial charge on any atom is -0.369 e. The molecule has 1 amide bonds. The highest BCUT2D eigenvalue weighted by molar-refractivity contribution is 6.00. The number of aromatic nitrogens is 1. The fourth-order valence-electron chi connectivity index (χ4n) is 4.03. The quantitative estimate of drug-likeness (QED) is 0.347. The van der Waals surface area contributed by atoms with Gasteiger partial charge in [-0.25, -0.2) is 8.78 Å². The third-order valence-corrected chi connectivity index (χ3v) is 5.89. The van der Waals surface area contributed by atoms with Crippen molar-refractivity contribution < 1.29 is 13.6 Å². The summed E-state index contributed by atoms with van der Waals surface area (Å²) in [6.45, 7) is 3.72. The molecule has 0 saturated carbocycles. The second kappa shape index (κ2) is 9.02. The lowest BCUT2D eigenvalue weighted by atomic mass is 9.92. The molecule has 0 spiro atoms. The Labute approximate surface area is 192 Å². The summed E-state index contributed by atoms with van der Waals surface area (Å²) in [5.74, 6) is -1.36. The number of hydrogen-bond acceptors (Lipinski definition) is 1. The monoisotopic (exact) mass is 444 g/mol. The molecule has 2 N–H and O–H groups in total. The van der Waals surface area contributed by atoms with Gasteiger partial charge in [-0.05, 0) is 55.7 Å². The molecule has 0 atom stereocenters. The minimum atomic E-state index is -0.897. The van der Waals surface area contributed by atoms with Gasteiger partial charge in [0.2, 0.25) is 5.91 Å². The number of rotatable bonds is 7. The van der Waals surface area contributed by atoms with Crippen molar-refractivity contribution in [1.82, 2.24) is 4.57 Å². The minimum absolute atomic E-state index is 0.223. The Bertz CT molecular complexity index is 1320. The molecule has 5 heteroatoms. The van der Waals surface area contributed by atoms with Gasteiger partial charge in [0.05, 0.1) is 11.1 Å². The standard InChI is InChI=1S/C28H26F2N2O/c1-28(2,27(31)33)18-32-24-16-14-21(29)17-22(24)25(26(32)20-11-7-4-8-12-20)23(30)15-13-19-9-5-3-6-10-19/h3-12,14-17H,13,18H2,1-2H3,(H2,31,33)/b23-15-. The van der Waals surface area contributed by atoms with Crippen molar-refractivity contribution in [3.63, 3.8) is 0 Å². The predicted molar refractivity (Wildman–Crippen MR) is 130 cm³/mol. The fraction of sp³-hybridized carbons (Fsp3) is 0.179. The Balaban J connectivity index is 1.98. The maximum atomic E-state index is 15.9. The molecule has 0 aliphatic heterocycles. The zero-order chi connectivity index (χ0) is 23.6. The molecule has 0 radical (unpaired) electrons. The summed E-state index contributed by atoms with van der Waals surface area (Å²) < 4.78 is 32.1. The third kappa shape index (κ3) is 4.58. The fourth-order valence-corrected chi connectivity index (χ4v) is 4.03. The Kier molecular flexibility index (Phi) is 6.14. The Hall–Kier alpha value is -3.73. The number of benzene rings is 3. The van der Waals surface area contributed by atoms with Crippen LogP contribution in [-0.2, 0) is 17.8 Å². The Morgan fingerprint density at radius 2 is 1.64 bits per heavy atom. The molecule has 0 fully saturated rings. The van der Waals surface area contributed by atoms with Crippen LogP contribution in [0.4, 0.5) is 8.78 Å². The first-order valence-electron chi connectivity index (χ1n) is 10.8. The summed E-state index contributed by atoms with van der Waals surface area (Å²) in [7, 11) is 0. The van der Waals surface area contributed by atoms with Crippen molar-refractivity contribution in [2.24, 2.45) is 11.1 Å². The molecule has 0 aliphatic rings. The average Bonchev–Trinajstić information content (AvgIpc) is 3.11. The van der Waals surface area contributed by atoms with Crippen LogP contribution in [0.15, 0.2) is 84.9 Å². The van der Waals surface area contributed by atoms with Crippen LogP contribution in [0.1, 0.15) is 25.0 Å². The molecule has 0 aliphatic carbocycles. The van der Waals surface area contributed by atoms with E-state index in [1.807, 2.05) is 65.2 Å². The number of allylic oxidation sites excluding steroid dienone is 1. The lowest BCUT2D eigenvalue weighted by Gasteiger charge is -2.24. The van der Waals surface area contributed by atoms with Crippen molar-refractivity contribution in [3.05, 3.63) is 102 Å². The SMILES string of the molecule is CC(C)(Cn1c(-c2ccccc2)c(/C(F)=C/Cc2ccccc2)c2cc(F)ccc21)C(N)=O. The van der Waals surface area contributed by atoms with Gasteiger partial charge in [-0.1, -0.05) is 60.7 Å². The normalized spacial score (nSPS) is 12.3. The van der Waals surface area contributed by atoms with E-state index >= 15 is 4.39 Å². The molecule has 0 unspecified atom stereocenters. The van der Waals surface area contributed by atoms with Crippen LogP contribution in [0.5, 0.6) is 0 Å². The van der Waals surface area contributed by atoms with Gasteiger partial charge in [-0.3, -0.25) is 4.79 Å². The molecule has 4 aromatic rings. The highest BCUT2D eigenvalue weighted by Crippen LogP contribution is 2.40. The molecule has 168 valence electrons. The summed E-state index contributed by atoms with van der Waals surface area (Å²) >= 11 is 0. The first kappa shape index (κ1) is 22.5. The molecule has 3 aromatic carbocycles. The van der Waals surface area contributed by atoms with Crippen LogP contribution in [0.3, 0.4) is 0 Å². The number of fused-ring (bicyclic) bond motifs is 1. The molecule has 4 rings (SSSR count). The number of amides is 1. The largest absolute Gasteiger partial charge is 0.369 e. The lowest BCUT2D eigenvalue weighted by Crippen LogP contribution is -2.35. The van der Waals surface area contributed by atoms with E-state index < -0.39 is 23.0 Å². The number of primary amides is 1. The number of nitrogens with zero attached hydrogens (tertiary/aromatic N) is 1. The van der Waals surface area contributed by atoms with Crippen LogP contribution in [0.25, 0.3) is 28.0 Å². The van der Waals surface area contributed by atoms with E-state index in [1.54, 1.807) is 19.9 Å². The van der Waals surface area contributed by atoms with E-state index in [0.717, 1.165) is 11.1 Å². The van der Waals surface area contributed by atoms with Gasteiger partial charge in [0.1, 0.15) is 11.6 Å². The highest BCUT2D eigenvalue weighted by Gasteiger charge is 2.30.